The van der Waals surface area contributed by atoms with Crippen molar-refractivity contribution >= 4 is 34.5 Å². The van der Waals surface area contributed by atoms with Crippen molar-refractivity contribution < 1.29 is 0 Å². The zero-order valence-electron chi connectivity index (χ0n) is 11.9. The number of rotatable bonds is 6. The van der Waals surface area contributed by atoms with Crippen molar-refractivity contribution in [1.29, 1.82) is 0 Å². The lowest BCUT2D eigenvalue weighted by Gasteiger charge is -2.27. The van der Waals surface area contributed by atoms with E-state index in [2.05, 4.69) is 38.2 Å². The summed E-state index contributed by atoms with van der Waals surface area (Å²) >= 11 is 11.3. The molecule has 0 aliphatic carbocycles. The topological polar surface area (TPSA) is 41.3 Å². The minimum atomic E-state index is 0.307. The Hall–Kier alpha value is -0.840. The molecule has 1 unspecified atom stereocenters. The molecule has 1 atom stereocenters. The molecule has 3 nitrogen and oxygen atoms in total. The highest BCUT2D eigenvalue weighted by Crippen LogP contribution is 2.25. The van der Waals surface area contributed by atoms with Crippen LogP contribution in [-0.2, 0) is 0 Å². The summed E-state index contributed by atoms with van der Waals surface area (Å²) in [5.41, 5.74) is 7.39. The molecule has 0 fully saturated rings. The second kappa shape index (κ2) is 7.08. The lowest BCUT2D eigenvalue weighted by molar-refractivity contribution is 0.344. The Morgan fingerprint density at radius 3 is 2.53 bits per heavy atom. The Labute approximate surface area is 126 Å². The van der Waals surface area contributed by atoms with E-state index in [1.54, 1.807) is 6.07 Å². The van der Waals surface area contributed by atoms with Crippen LogP contribution in [0.4, 0.5) is 5.69 Å². The summed E-state index contributed by atoms with van der Waals surface area (Å²) in [7, 11) is 4.12. The number of benzene rings is 1. The summed E-state index contributed by atoms with van der Waals surface area (Å²) in [6, 6.07) is 5.98. The molecule has 0 aliphatic rings. The van der Waals surface area contributed by atoms with Crippen molar-refractivity contribution in [3.8, 4) is 0 Å². The maximum Gasteiger partial charge on any atom is 0.107 e. The minimum Gasteiger partial charge on any atom is -0.389 e. The lowest BCUT2D eigenvalue weighted by atomic mass is 10.0. The van der Waals surface area contributed by atoms with E-state index in [9.17, 15) is 0 Å². The van der Waals surface area contributed by atoms with Crippen molar-refractivity contribution in [2.24, 2.45) is 11.7 Å². The number of hydrogen-bond donors (Lipinski definition) is 2. The van der Waals surface area contributed by atoms with E-state index in [-0.39, 0.29) is 0 Å². The van der Waals surface area contributed by atoms with E-state index in [0.717, 1.165) is 17.8 Å². The number of thiocarbonyl (C=S) groups is 1. The van der Waals surface area contributed by atoms with Crippen LogP contribution >= 0.6 is 23.8 Å². The number of anilines is 1. The van der Waals surface area contributed by atoms with Gasteiger partial charge in [0.1, 0.15) is 4.99 Å². The number of halogens is 1. The maximum absolute atomic E-state index is 6.18. The average Bonchev–Trinajstić information content (AvgIpc) is 2.26. The van der Waals surface area contributed by atoms with Crippen molar-refractivity contribution in [2.45, 2.75) is 19.9 Å². The summed E-state index contributed by atoms with van der Waals surface area (Å²) in [5, 5.41) is 4.09. The van der Waals surface area contributed by atoms with Crippen LogP contribution in [0.25, 0.3) is 0 Å². The molecule has 0 bridgehead atoms. The van der Waals surface area contributed by atoms with Crippen molar-refractivity contribution in [3.05, 3.63) is 28.8 Å². The molecule has 5 heteroatoms. The summed E-state index contributed by atoms with van der Waals surface area (Å²) in [5.74, 6) is 0.487. The molecule has 0 amide bonds. The Kier molecular flexibility index (Phi) is 6.04. The van der Waals surface area contributed by atoms with Crippen LogP contribution < -0.4 is 11.1 Å². The Balaban J connectivity index is 3.02. The highest BCUT2D eigenvalue weighted by Gasteiger charge is 2.17. The summed E-state index contributed by atoms with van der Waals surface area (Å²) < 4.78 is 0. The monoisotopic (exact) mass is 299 g/mol. The van der Waals surface area contributed by atoms with Gasteiger partial charge in [-0.3, -0.25) is 0 Å². The van der Waals surface area contributed by atoms with Gasteiger partial charge in [0.15, 0.2) is 0 Å². The summed E-state index contributed by atoms with van der Waals surface area (Å²) in [6.45, 7) is 5.30. The quantitative estimate of drug-likeness (QED) is 0.793. The van der Waals surface area contributed by atoms with E-state index in [4.69, 9.17) is 29.6 Å². The van der Waals surface area contributed by atoms with Crippen LogP contribution in [0.15, 0.2) is 18.2 Å². The van der Waals surface area contributed by atoms with Crippen molar-refractivity contribution in [1.82, 2.24) is 4.90 Å². The Bertz CT molecular complexity index is 446. The van der Waals surface area contributed by atoms with Crippen LogP contribution in [-0.4, -0.2) is 36.6 Å². The molecule has 1 rings (SSSR count). The number of nitrogens with two attached hydrogens (primary N) is 1. The van der Waals surface area contributed by atoms with Gasteiger partial charge in [-0.1, -0.05) is 43.7 Å². The molecule has 0 radical (unpaired) electrons. The molecule has 0 aliphatic heterocycles. The third kappa shape index (κ3) is 4.64. The average molecular weight is 300 g/mol. The first-order chi connectivity index (χ1) is 8.82. The number of nitrogens with one attached hydrogen (secondary N) is 1. The smallest absolute Gasteiger partial charge is 0.107 e. The fraction of sp³-hybridized carbons (Fsp3) is 0.500. The van der Waals surface area contributed by atoms with Crippen LogP contribution in [0.5, 0.6) is 0 Å². The third-order valence-electron chi connectivity index (χ3n) is 2.97. The third-order valence-corrected chi connectivity index (χ3v) is 3.49. The zero-order valence-corrected chi connectivity index (χ0v) is 13.5. The lowest BCUT2D eigenvalue weighted by Crippen LogP contribution is -2.37. The van der Waals surface area contributed by atoms with E-state index in [1.807, 2.05) is 12.1 Å². The molecule has 106 valence electrons. The van der Waals surface area contributed by atoms with Gasteiger partial charge < -0.3 is 16.0 Å². The fourth-order valence-corrected chi connectivity index (χ4v) is 2.46. The van der Waals surface area contributed by atoms with Gasteiger partial charge in [0.25, 0.3) is 0 Å². The number of nitrogens with zero attached hydrogens (tertiary/aromatic N) is 1. The van der Waals surface area contributed by atoms with Gasteiger partial charge in [-0.25, -0.2) is 0 Å². The van der Waals surface area contributed by atoms with Crippen molar-refractivity contribution in [2.75, 3.05) is 26.0 Å². The fourth-order valence-electron chi connectivity index (χ4n) is 1.91. The van der Waals surface area contributed by atoms with Gasteiger partial charge in [0.2, 0.25) is 0 Å². The molecule has 19 heavy (non-hydrogen) atoms. The number of likely N-dealkylation sites (N-methyl/N-ethyl adjacent to an activating group) is 1. The van der Waals surface area contributed by atoms with E-state index in [0.29, 0.717) is 22.0 Å². The summed E-state index contributed by atoms with van der Waals surface area (Å²) in [4.78, 5) is 2.48. The molecule has 0 saturated heterocycles. The molecule has 3 N–H and O–H groups in total. The maximum atomic E-state index is 6.18. The largest absolute Gasteiger partial charge is 0.389 e. The predicted octanol–water partition coefficient (Wildman–Crippen LogP) is 2.97. The standard InChI is InChI=1S/C14H22ClN3S/c1-9(2)12(8-18(3)4)17-11-7-5-6-10(15)13(11)14(16)19/h5-7,9,12,17H,8H2,1-4H3,(H2,16,19). The molecule has 1 aromatic carbocycles. The van der Waals surface area contributed by atoms with E-state index >= 15 is 0 Å². The normalized spacial score (nSPS) is 12.8. The zero-order chi connectivity index (χ0) is 14.6. The van der Waals surface area contributed by atoms with Gasteiger partial charge in [-0.2, -0.15) is 0 Å². The highest BCUT2D eigenvalue weighted by atomic mass is 35.5. The molecular weight excluding hydrogens is 278 g/mol. The molecule has 0 saturated carbocycles. The molecular formula is C14H22ClN3S. The van der Waals surface area contributed by atoms with E-state index in [1.165, 1.54) is 0 Å². The van der Waals surface area contributed by atoms with Gasteiger partial charge >= 0.3 is 0 Å². The van der Waals surface area contributed by atoms with Gasteiger partial charge in [-0.05, 0) is 32.1 Å². The van der Waals surface area contributed by atoms with Gasteiger partial charge in [0.05, 0.1) is 10.6 Å². The van der Waals surface area contributed by atoms with Gasteiger partial charge in [0, 0.05) is 18.3 Å². The Morgan fingerprint density at radius 1 is 1.42 bits per heavy atom. The van der Waals surface area contributed by atoms with Gasteiger partial charge in [-0.15, -0.1) is 0 Å². The molecule has 0 spiro atoms. The minimum absolute atomic E-state index is 0.307. The first-order valence-corrected chi connectivity index (χ1v) is 7.11. The summed E-state index contributed by atoms with van der Waals surface area (Å²) in [6.07, 6.45) is 0. The van der Waals surface area contributed by atoms with Crippen LogP contribution in [0.1, 0.15) is 19.4 Å². The first-order valence-electron chi connectivity index (χ1n) is 6.32. The highest BCUT2D eigenvalue weighted by molar-refractivity contribution is 7.80. The van der Waals surface area contributed by atoms with E-state index < -0.39 is 0 Å². The molecule has 1 aromatic rings. The molecule has 0 heterocycles. The van der Waals surface area contributed by atoms with Crippen LogP contribution in [0, 0.1) is 5.92 Å². The van der Waals surface area contributed by atoms with Crippen molar-refractivity contribution in [3.63, 3.8) is 0 Å². The SMILES string of the molecule is CC(C)C(CN(C)C)Nc1cccc(Cl)c1C(N)=S. The van der Waals surface area contributed by atoms with Crippen LogP contribution in [0.2, 0.25) is 5.02 Å². The second-order valence-corrected chi connectivity index (χ2v) is 6.13. The second-order valence-electron chi connectivity index (χ2n) is 5.28. The molecule has 0 aromatic heterocycles. The first kappa shape index (κ1) is 16.2. The Morgan fingerprint density at radius 2 is 2.05 bits per heavy atom. The number of hydrogen-bond acceptors (Lipinski definition) is 3. The van der Waals surface area contributed by atoms with Crippen LogP contribution in [0.3, 0.4) is 0 Å². The predicted molar refractivity (Wildman–Crippen MR) is 88.1 cm³/mol.